The van der Waals surface area contributed by atoms with Crippen LogP contribution in [0.4, 0.5) is 5.69 Å². The van der Waals surface area contributed by atoms with E-state index in [-0.39, 0.29) is 5.91 Å². The number of nitriles is 2. The van der Waals surface area contributed by atoms with Crippen LogP contribution in [0.3, 0.4) is 0 Å². The summed E-state index contributed by atoms with van der Waals surface area (Å²) < 4.78 is 0. The zero-order valence-corrected chi connectivity index (χ0v) is 16.0. The van der Waals surface area contributed by atoms with Gasteiger partial charge in [-0.25, -0.2) is 4.98 Å². The highest BCUT2D eigenvalue weighted by molar-refractivity contribution is 8.00. The van der Waals surface area contributed by atoms with Gasteiger partial charge < -0.3 is 5.32 Å². The number of fused-ring (bicyclic) bond motifs is 1. The van der Waals surface area contributed by atoms with E-state index in [1.54, 1.807) is 24.3 Å². The fraction of sp³-hybridized carbons (Fsp3) is 0.333. The molecule has 0 bridgehead atoms. The Morgan fingerprint density at radius 3 is 2.70 bits per heavy atom. The molecule has 1 aromatic carbocycles. The average molecular weight is 376 g/mol. The van der Waals surface area contributed by atoms with Gasteiger partial charge in [0.2, 0.25) is 5.91 Å². The number of amides is 1. The Labute approximate surface area is 163 Å². The predicted octanol–water partition coefficient (Wildman–Crippen LogP) is 4.21. The average Bonchev–Trinajstić information content (AvgIpc) is 2.71. The Balaban J connectivity index is 1.82. The Bertz CT molecular complexity index is 942. The first kappa shape index (κ1) is 18.9. The second-order valence-electron chi connectivity index (χ2n) is 6.43. The van der Waals surface area contributed by atoms with Crippen LogP contribution in [0.5, 0.6) is 0 Å². The van der Waals surface area contributed by atoms with Crippen molar-refractivity contribution >= 4 is 23.4 Å². The smallest absolute Gasteiger partial charge is 0.237 e. The highest BCUT2D eigenvalue weighted by atomic mass is 32.2. The zero-order chi connectivity index (χ0) is 19.2. The fourth-order valence-corrected chi connectivity index (χ4v) is 4.14. The third-order valence-electron chi connectivity index (χ3n) is 4.61. The molecular weight excluding hydrogens is 356 g/mol. The molecule has 0 spiro atoms. The lowest BCUT2D eigenvalue weighted by Crippen LogP contribution is -2.25. The van der Waals surface area contributed by atoms with E-state index in [4.69, 9.17) is 4.98 Å². The van der Waals surface area contributed by atoms with Crippen LogP contribution in [0.1, 0.15) is 48.6 Å². The molecule has 0 fully saturated rings. The van der Waals surface area contributed by atoms with Crippen molar-refractivity contribution in [2.24, 2.45) is 0 Å². The van der Waals surface area contributed by atoms with Crippen molar-refractivity contribution in [3.8, 4) is 12.1 Å². The van der Waals surface area contributed by atoms with E-state index in [1.807, 2.05) is 13.0 Å². The molecule has 1 N–H and O–H groups in total. The van der Waals surface area contributed by atoms with Gasteiger partial charge in [-0.05, 0) is 55.9 Å². The monoisotopic (exact) mass is 376 g/mol. The quantitative estimate of drug-likeness (QED) is 0.789. The molecule has 1 unspecified atom stereocenters. The van der Waals surface area contributed by atoms with Gasteiger partial charge in [0.25, 0.3) is 0 Å². The number of pyridine rings is 1. The largest absolute Gasteiger partial charge is 0.324 e. The number of thioether (sulfide) groups is 1. The molecule has 1 heterocycles. The molecule has 0 saturated carbocycles. The number of rotatable bonds is 5. The first-order valence-corrected chi connectivity index (χ1v) is 9.93. The first-order valence-electron chi connectivity index (χ1n) is 9.05. The number of para-hydroxylation sites is 1. The lowest BCUT2D eigenvalue weighted by atomic mass is 9.95. The van der Waals surface area contributed by atoms with E-state index in [2.05, 4.69) is 17.5 Å². The van der Waals surface area contributed by atoms with Crippen LogP contribution in [0.2, 0.25) is 0 Å². The topological polar surface area (TPSA) is 89.6 Å². The van der Waals surface area contributed by atoms with Gasteiger partial charge in [0, 0.05) is 5.69 Å². The van der Waals surface area contributed by atoms with Crippen molar-refractivity contribution in [1.29, 1.82) is 10.5 Å². The van der Waals surface area contributed by atoms with Gasteiger partial charge in [-0.3, -0.25) is 4.79 Å². The van der Waals surface area contributed by atoms with Gasteiger partial charge in [0.1, 0.15) is 17.2 Å². The van der Waals surface area contributed by atoms with Crippen LogP contribution < -0.4 is 5.32 Å². The molecule has 136 valence electrons. The minimum Gasteiger partial charge on any atom is -0.324 e. The summed E-state index contributed by atoms with van der Waals surface area (Å²) in [4.78, 5) is 17.5. The molecule has 1 atom stereocenters. The summed E-state index contributed by atoms with van der Waals surface area (Å²) in [5, 5.41) is 21.8. The number of hydrogen-bond acceptors (Lipinski definition) is 5. The molecule has 2 aromatic rings. The first-order chi connectivity index (χ1) is 13.2. The minimum absolute atomic E-state index is 0.186. The van der Waals surface area contributed by atoms with Crippen molar-refractivity contribution in [3.05, 3.63) is 52.7 Å². The molecule has 27 heavy (non-hydrogen) atoms. The number of benzene rings is 1. The molecule has 0 aliphatic heterocycles. The summed E-state index contributed by atoms with van der Waals surface area (Å²) in [7, 11) is 0. The summed E-state index contributed by atoms with van der Waals surface area (Å²) in [6.45, 7) is 1.93. The molecule has 1 aromatic heterocycles. The normalized spacial score (nSPS) is 13.7. The van der Waals surface area contributed by atoms with Crippen molar-refractivity contribution in [2.75, 3.05) is 5.32 Å². The number of hydrogen-bond donors (Lipinski definition) is 1. The van der Waals surface area contributed by atoms with Gasteiger partial charge in [0.15, 0.2) is 0 Å². The van der Waals surface area contributed by atoms with E-state index in [9.17, 15) is 15.3 Å². The van der Waals surface area contributed by atoms with E-state index in [0.717, 1.165) is 36.9 Å². The SMILES string of the molecule is CCC(Sc1nc2c(cc1C#N)CCCC2)C(=O)Nc1ccccc1C#N. The Kier molecular flexibility index (Phi) is 6.11. The molecular formula is C21H20N4OS. The van der Waals surface area contributed by atoms with E-state index in [1.165, 1.54) is 11.8 Å². The molecule has 1 amide bonds. The maximum absolute atomic E-state index is 12.8. The molecule has 6 heteroatoms. The maximum Gasteiger partial charge on any atom is 0.237 e. The highest BCUT2D eigenvalue weighted by Gasteiger charge is 2.23. The van der Waals surface area contributed by atoms with E-state index < -0.39 is 5.25 Å². The predicted molar refractivity (Wildman–Crippen MR) is 105 cm³/mol. The van der Waals surface area contributed by atoms with Gasteiger partial charge >= 0.3 is 0 Å². The van der Waals surface area contributed by atoms with Gasteiger partial charge in [-0.2, -0.15) is 10.5 Å². The number of nitrogens with zero attached hydrogens (tertiary/aromatic N) is 3. The van der Waals surface area contributed by atoms with Crippen LogP contribution >= 0.6 is 11.8 Å². The van der Waals surface area contributed by atoms with Crippen LogP contribution in [-0.2, 0) is 17.6 Å². The van der Waals surface area contributed by atoms with E-state index >= 15 is 0 Å². The Hall–Kier alpha value is -2.83. The summed E-state index contributed by atoms with van der Waals surface area (Å²) in [6.07, 6.45) is 4.72. The number of aryl methyl sites for hydroxylation is 2. The second-order valence-corrected chi connectivity index (χ2v) is 7.62. The second kappa shape index (κ2) is 8.70. The van der Waals surface area contributed by atoms with Gasteiger partial charge in [-0.1, -0.05) is 30.8 Å². The number of aromatic nitrogens is 1. The van der Waals surface area contributed by atoms with Crippen molar-refractivity contribution < 1.29 is 4.79 Å². The summed E-state index contributed by atoms with van der Waals surface area (Å²) in [5.41, 5.74) is 3.66. The lowest BCUT2D eigenvalue weighted by Gasteiger charge is -2.19. The Morgan fingerprint density at radius 1 is 1.22 bits per heavy atom. The van der Waals surface area contributed by atoms with Crippen LogP contribution in [-0.4, -0.2) is 16.1 Å². The number of nitrogens with one attached hydrogen (secondary N) is 1. The maximum atomic E-state index is 12.8. The van der Waals surface area contributed by atoms with Crippen LogP contribution in [0.15, 0.2) is 35.4 Å². The zero-order valence-electron chi connectivity index (χ0n) is 15.2. The molecule has 1 aliphatic rings. The van der Waals surface area contributed by atoms with Crippen molar-refractivity contribution in [2.45, 2.75) is 49.3 Å². The molecule has 5 nitrogen and oxygen atoms in total. The van der Waals surface area contributed by atoms with Crippen molar-refractivity contribution in [3.63, 3.8) is 0 Å². The Morgan fingerprint density at radius 2 is 1.96 bits per heavy atom. The standard InChI is InChI=1S/C21H20N4OS/c1-2-19(20(26)24-18-10-6-4-8-15(18)12-22)27-21-16(13-23)11-14-7-3-5-9-17(14)25-21/h4,6,8,10-11,19H,2-3,5,7,9H2,1H3,(H,24,26). The molecule has 0 radical (unpaired) electrons. The van der Waals surface area contributed by atoms with Gasteiger partial charge in [-0.15, -0.1) is 0 Å². The highest BCUT2D eigenvalue weighted by Crippen LogP contribution is 2.31. The third kappa shape index (κ3) is 4.30. The lowest BCUT2D eigenvalue weighted by molar-refractivity contribution is -0.115. The van der Waals surface area contributed by atoms with E-state index in [0.29, 0.717) is 28.3 Å². The number of anilines is 1. The number of carbonyl (C=O) groups is 1. The number of carbonyl (C=O) groups excluding carboxylic acids is 1. The van der Waals surface area contributed by atoms with Crippen molar-refractivity contribution in [1.82, 2.24) is 4.98 Å². The minimum atomic E-state index is -0.391. The summed E-state index contributed by atoms with van der Waals surface area (Å²) in [6, 6.07) is 13.2. The fourth-order valence-electron chi connectivity index (χ4n) is 3.14. The molecule has 0 saturated heterocycles. The van der Waals surface area contributed by atoms with Crippen LogP contribution in [0, 0.1) is 22.7 Å². The summed E-state index contributed by atoms with van der Waals surface area (Å²) >= 11 is 1.32. The van der Waals surface area contributed by atoms with Gasteiger partial charge in [0.05, 0.1) is 22.1 Å². The van der Waals surface area contributed by atoms with Crippen LogP contribution in [0.25, 0.3) is 0 Å². The molecule has 1 aliphatic carbocycles. The summed E-state index contributed by atoms with van der Waals surface area (Å²) in [5.74, 6) is -0.186. The third-order valence-corrected chi connectivity index (χ3v) is 5.98. The molecule has 3 rings (SSSR count).